The maximum atomic E-state index is 13.4. The van der Waals surface area contributed by atoms with Gasteiger partial charge in [0.25, 0.3) is 0 Å². The van der Waals surface area contributed by atoms with Crippen molar-refractivity contribution >= 4 is 11.6 Å². The van der Waals surface area contributed by atoms with Crippen LogP contribution in [-0.4, -0.2) is 24.2 Å². The molecule has 1 aromatic rings. The molecule has 1 aliphatic carbocycles. The highest BCUT2D eigenvalue weighted by atomic mass is 35.5. The van der Waals surface area contributed by atoms with Crippen LogP contribution >= 0.6 is 11.6 Å². The lowest BCUT2D eigenvalue weighted by atomic mass is 9.91. The van der Waals surface area contributed by atoms with Crippen LogP contribution in [0.25, 0.3) is 0 Å². The Labute approximate surface area is 112 Å². The Morgan fingerprint density at radius 2 is 2.22 bits per heavy atom. The predicted molar refractivity (Wildman–Crippen MR) is 69.8 cm³/mol. The first-order chi connectivity index (χ1) is 8.61. The normalized spacial score (nSPS) is 26.8. The minimum absolute atomic E-state index is 0.00292. The second-order valence-electron chi connectivity index (χ2n) is 4.65. The molecule has 0 N–H and O–H groups in total. The Bertz CT molecular complexity index is 411. The van der Waals surface area contributed by atoms with E-state index in [0.717, 1.165) is 12.8 Å². The zero-order valence-corrected chi connectivity index (χ0v) is 11.4. The summed E-state index contributed by atoms with van der Waals surface area (Å²) in [6.45, 7) is 4.45. The van der Waals surface area contributed by atoms with E-state index in [2.05, 4.69) is 0 Å². The number of hydrogen-bond acceptors (Lipinski definition) is 2. The van der Waals surface area contributed by atoms with Crippen LogP contribution in [0, 0.1) is 12.7 Å². The van der Waals surface area contributed by atoms with Crippen LogP contribution in [0.2, 0.25) is 0 Å². The van der Waals surface area contributed by atoms with E-state index in [4.69, 9.17) is 21.1 Å². The number of rotatable bonds is 5. The predicted octanol–water partition coefficient (Wildman–Crippen LogP) is 3.69. The summed E-state index contributed by atoms with van der Waals surface area (Å²) in [5.41, 5.74) is 0.616. The van der Waals surface area contributed by atoms with Crippen LogP contribution in [0.15, 0.2) is 18.2 Å². The monoisotopic (exact) mass is 272 g/mol. The van der Waals surface area contributed by atoms with Gasteiger partial charge in [0, 0.05) is 19.1 Å². The Balaban J connectivity index is 1.94. The molecular formula is C14H18ClFO2. The summed E-state index contributed by atoms with van der Waals surface area (Å²) >= 11 is 6.09. The molecule has 3 unspecified atom stereocenters. The quantitative estimate of drug-likeness (QED) is 0.761. The Morgan fingerprint density at radius 1 is 1.44 bits per heavy atom. The van der Waals surface area contributed by atoms with Gasteiger partial charge in [-0.2, -0.15) is 0 Å². The van der Waals surface area contributed by atoms with Crippen molar-refractivity contribution in [2.75, 3.05) is 6.61 Å². The van der Waals surface area contributed by atoms with E-state index in [1.54, 1.807) is 19.1 Å². The first-order valence-electron chi connectivity index (χ1n) is 6.30. The Hall–Kier alpha value is -0.800. The Morgan fingerprint density at radius 3 is 2.83 bits per heavy atom. The van der Waals surface area contributed by atoms with E-state index in [0.29, 0.717) is 17.9 Å². The molecule has 1 fully saturated rings. The highest BCUT2D eigenvalue weighted by molar-refractivity contribution is 6.21. The number of hydrogen-bond donors (Lipinski definition) is 0. The van der Waals surface area contributed by atoms with Crippen molar-refractivity contribution in [1.29, 1.82) is 0 Å². The summed E-state index contributed by atoms with van der Waals surface area (Å²) in [5, 5.41) is -0.00292. The second kappa shape index (κ2) is 5.89. The maximum Gasteiger partial charge on any atom is 0.129 e. The van der Waals surface area contributed by atoms with Crippen molar-refractivity contribution in [3.63, 3.8) is 0 Å². The lowest BCUT2D eigenvalue weighted by molar-refractivity contribution is -0.0798. The average molecular weight is 273 g/mol. The highest BCUT2D eigenvalue weighted by Gasteiger charge is 2.42. The lowest BCUT2D eigenvalue weighted by Gasteiger charge is -2.40. The summed E-state index contributed by atoms with van der Waals surface area (Å²) in [5.74, 6) is 0.289. The third kappa shape index (κ3) is 2.96. The van der Waals surface area contributed by atoms with Crippen molar-refractivity contribution in [1.82, 2.24) is 0 Å². The van der Waals surface area contributed by atoms with E-state index < -0.39 is 0 Å². The molecular weight excluding hydrogens is 255 g/mol. The van der Waals surface area contributed by atoms with Crippen LogP contribution in [0.3, 0.4) is 0 Å². The molecule has 0 bridgehead atoms. The third-order valence-corrected chi connectivity index (χ3v) is 3.55. The number of ether oxygens (including phenoxy) is 2. The van der Waals surface area contributed by atoms with Gasteiger partial charge in [0.1, 0.15) is 23.8 Å². The molecule has 2 rings (SSSR count). The van der Waals surface area contributed by atoms with E-state index in [-0.39, 0.29) is 23.4 Å². The van der Waals surface area contributed by atoms with Gasteiger partial charge in [-0.3, -0.25) is 0 Å². The van der Waals surface area contributed by atoms with Crippen LogP contribution in [-0.2, 0) is 4.74 Å². The highest BCUT2D eigenvalue weighted by Crippen LogP contribution is 2.33. The van der Waals surface area contributed by atoms with Gasteiger partial charge in [-0.15, -0.1) is 11.6 Å². The zero-order chi connectivity index (χ0) is 13.1. The topological polar surface area (TPSA) is 18.5 Å². The van der Waals surface area contributed by atoms with E-state index >= 15 is 0 Å². The summed E-state index contributed by atoms with van der Waals surface area (Å²) in [4.78, 5) is 0. The van der Waals surface area contributed by atoms with Crippen molar-refractivity contribution in [2.24, 2.45) is 0 Å². The average Bonchev–Trinajstić information content (AvgIpc) is 2.33. The number of aryl methyl sites for hydroxylation is 1. The minimum atomic E-state index is -0.250. The van der Waals surface area contributed by atoms with Crippen LogP contribution < -0.4 is 4.74 Å². The van der Waals surface area contributed by atoms with Crippen LogP contribution in [0.5, 0.6) is 5.75 Å². The van der Waals surface area contributed by atoms with Crippen LogP contribution in [0.4, 0.5) is 4.39 Å². The summed E-state index contributed by atoms with van der Waals surface area (Å²) in [6.07, 6.45) is 1.54. The smallest absolute Gasteiger partial charge is 0.129 e. The lowest BCUT2D eigenvalue weighted by Crippen LogP contribution is -2.52. The number of alkyl halides is 1. The largest absolute Gasteiger partial charge is 0.487 e. The standard InChI is InChI=1S/C14H18ClFO2/c1-3-6-17-14-11(15)8-13(14)18-10-5-4-9(2)12(16)7-10/h4-5,7,11,13-14H,3,6,8H2,1-2H3. The van der Waals surface area contributed by atoms with Gasteiger partial charge in [0.15, 0.2) is 0 Å². The minimum Gasteiger partial charge on any atom is -0.487 e. The summed E-state index contributed by atoms with van der Waals surface area (Å²) in [6, 6.07) is 4.90. The van der Waals surface area contributed by atoms with Gasteiger partial charge >= 0.3 is 0 Å². The second-order valence-corrected chi connectivity index (χ2v) is 5.21. The maximum absolute atomic E-state index is 13.4. The molecule has 100 valence electrons. The van der Waals surface area contributed by atoms with Gasteiger partial charge in [0.05, 0.1) is 5.38 Å². The van der Waals surface area contributed by atoms with E-state index in [1.165, 1.54) is 6.07 Å². The van der Waals surface area contributed by atoms with Crippen molar-refractivity contribution in [3.05, 3.63) is 29.6 Å². The molecule has 3 atom stereocenters. The molecule has 0 saturated heterocycles. The van der Waals surface area contributed by atoms with Crippen LogP contribution in [0.1, 0.15) is 25.3 Å². The molecule has 0 spiro atoms. The van der Waals surface area contributed by atoms with E-state index in [1.807, 2.05) is 6.92 Å². The van der Waals surface area contributed by atoms with Gasteiger partial charge < -0.3 is 9.47 Å². The fraction of sp³-hybridized carbons (Fsp3) is 0.571. The first-order valence-corrected chi connectivity index (χ1v) is 6.74. The summed E-state index contributed by atoms with van der Waals surface area (Å²) in [7, 11) is 0. The number of benzene rings is 1. The van der Waals surface area contributed by atoms with Crippen molar-refractivity contribution in [3.8, 4) is 5.75 Å². The van der Waals surface area contributed by atoms with Gasteiger partial charge in [0.2, 0.25) is 0 Å². The molecule has 2 nitrogen and oxygen atoms in total. The van der Waals surface area contributed by atoms with E-state index in [9.17, 15) is 4.39 Å². The first kappa shape index (κ1) is 13.6. The summed E-state index contributed by atoms with van der Waals surface area (Å²) < 4.78 is 24.7. The third-order valence-electron chi connectivity index (χ3n) is 3.13. The fourth-order valence-corrected chi connectivity index (χ4v) is 2.34. The fourth-order valence-electron chi connectivity index (χ4n) is 1.93. The van der Waals surface area contributed by atoms with Gasteiger partial charge in [-0.25, -0.2) is 4.39 Å². The molecule has 0 radical (unpaired) electrons. The molecule has 0 aliphatic heterocycles. The molecule has 1 aromatic carbocycles. The molecule has 0 heterocycles. The molecule has 1 saturated carbocycles. The van der Waals surface area contributed by atoms with Gasteiger partial charge in [-0.05, 0) is 25.0 Å². The SMILES string of the molecule is CCCOC1C(Cl)CC1Oc1ccc(C)c(F)c1. The van der Waals surface area contributed by atoms with Crippen molar-refractivity contribution in [2.45, 2.75) is 44.3 Å². The van der Waals surface area contributed by atoms with Crippen molar-refractivity contribution < 1.29 is 13.9 Å². The molecule has 1 aliphatic rings. The molecule has 0 amide bonds. The van der Waals surface area contributed by atoms with Gasteiger partial charge in [-0.1, -0.05) is 13.0 Å². The molecule has 18 heavy (non-hydrogen) atoms. The zero-order valence-electron chi connectivity index (χ0n) is 10.7. The molecule has 4 heteroatoms. The number of halogens is 2. The Kier molecular flexibility index (Phi) is 4.46. The molecule has 0 aromatic heterocycles.